The van der Waals surface area contributed by atoms with Crippen LogP contribution in [0.3, 0.4) is 0 Å². The van der Waals surface area contributed by atoms with E-state index in [0.29, 0.717) is 17.5 Å². The minimum atomic E-state index is -1.10. The molecule has 0 fully saturated rings. The Morgan fingerprint density at radius 1 is 1.08 bits per heavy atom. The van der Waals surface area contributed by atoms with Crippen LogP contribution in [0.1, 0.15) is 16.3 Å². The van der Waals surface area contributed by atoms with E-state index in [4.69, 9.17) is 13.9 Å². The molecule has 0 aliphatic heterocycles. The van der Waals surface area contributed by atoms with Crippen molar-refractivity contribution in [2.45, 2.75) is 6.92 Å². The number of aromatic nitrogens is 2. The van der Waals surface area contributed by atoms with Crippen LogP contribution < -0.4 is 4.90 Å². The number of carbonyl (C=O) groups is 1. The molecule has 3 aromatic heterocycles. The molecule has 4 rings (SSSR count). The van der Waals surface area contributed by atoms with Gasteiger partial charge in [-0.2, -0.15) is 0 Å². The van der Waals surface area contributed by atoms with Gasteiger partial charge in [0.05, 0.1) is 5.52 Å². The van der Waals surface area contributed by atoms with E-state index in [1.807, 2.05) is 49.2 Å². The van der Waals surface area contributed by atoms with E-state index in [2.05, 4.69) is 9.97 Å². The lowest BCUT2D eigenvalue weighted by molar-refractivity contribution is 0.0663. The fourth-order valence-electron chi connectivity index (χ4n) is 2.78. The van der Waals surface area contributed by atoms with Crippen molar-refractivity contribution in [2.75, 3.05) is 11.9 Å². The maximum absolute atomic E-state index is 11.0. The van der Waals surface area contributed by atoms with Crippen molar-refractivity contribution in [3.05, 3.63) is 60.3 Å². The summed E-state index contributed by atoms with van der Waals surface area (Å²) in [6.45, 7) is 1.88. The third-order valence-electron chi connectivity index (χ3n) is 4.09. The monoisotopic (exact) mass is 349 g/mol. The molecule has 0 bridgehead atoms. The highest BCUT2D eigenvalue weighted by Crippen LogP contribution is 2.32. The number of fused-ring (bicyclic) bond motifs is 1. The summed E-state index contributed by atoms with van der Waals surface area (Å²) < 4.78 is 11.1. The molecule has 0 atom stereocenters. The van der Waals surface area contributed by atoms with Crippen molar-refractivity contribution in [1.29, 1.82) is 0 Å². The van der Waals surface area contributed by atoms with E-state index in [1.54, 1.807) is 6.07 Å². The summed E-state index contributed by atoms with van der Waals surface area (Å²) in [5.74, 6) is 1.41. The SMILES string of the molecule is Cc1ccc(N(C)c2ncnc3ccc(-c4ccc(C(=O)O)o4)cc23)o1. The third kappa shape index (κ3) is 2.69. The molecule has 0 saturated heterocycles. The van der Waals surface area contributed by atoms with E-state index in [-0.39, 0.29) is 5.76 Å². The highest BCUT2D eigenvalue weighted by molar-refractivity contribution is 5.94. The van der Waals surface area contributed by atoms with Crippen molar-refractivity contribution in [2.24, 2.45) is 0 Å². The maximum atomic E-state index is 11.0. The largest absolute Gasteiger partial charge is 0.475 e. The molecular weight excluding hydrogens is 334 g/mol. The van der Waals surface area contributed by atoms with Crippen LogP contribution in [0.25, 0.3) is 22.2 Å². The molecule has 26 heavy (non-hydrogen) atoms. The molecule has 0 spiro atoms. The van der Waals surface area contributed by atoms with E-state index < -0.39 is 5.97 Å². The molecule has 1 N–H and O–H groups in total. The van der Waals surface area contributed by atoms with Crippen LogP contribution in [0.5, 0.6) is 0 Å². The summed E-state index contributed by atoms with van der Waals surface area (Å²) in [5, 5.41) is 9.83. The Balaban J connectivity index is 1.82. The molecule has 7 nitrogen and oxygen atoms in total. The van der Waals surface area contributed by atoms with Gasteiger partial charge in [0, 0.05) is 24.1 Å². The number of hydrogen-bond donors (Lipinski definition) is 1. The Morgan fingerprint density at radius 2 is 1.92 bits per heavy atom. The minimum absolute atomic E-state index is 0.104. The highest BCUT2D eigenvalue weighted by Gasteiger charge is 2.16. The van der Waals surface area contributed by atoms with Crippen LogP contribution >= 0.6 is 0 Å². The second-order valence-electron chi connectivity index (χ2n) is 5.84. The second-order valence-corrected chi connectivity index (χ2v) is 5.84. The van der Waals surface area contributed by atoms with E-state index >= 15 is 0 Å². The lowest BCUT2D eigenvalue weighted by atomic mass is 10.1. The number of rotatable bonds is 4. The first-order valence-corrected chi connectivity index (χ1v) is 7.91. The maximum Gasteiger partial charge on any atom is 0.371 e. The Bertz CT molecular complexity index is 1110. The van der Waals surface area contributed by atoms with Crippen LogP contribution in [-0.2, 0) is 0 Å². The number of nitrogens with zero attached hydrogens (tertiary/aromatic N) is 3. The van der Waals surface area contributed by atoms with Gasteiger partial charge in [-0.05, 0) is 43.3 Å². The van der Waals surface area contributed by atoms with Crippen LogP contribution in [0.2, 0.25) is 0 Å². The van der Waals surface area contributed by atoms with Gasteiger partial charge in [-0.1, -0.05) is 0 Å². The standard InChI is InChI=1S/C19H15N3O4/c1-11-3-8-17(25-11)22(2)18-13-9-12(4-5-14(13)20-10-21-18)15-6-7-16(26-15)19(23)24/h3-10H,1-2H3,(H,23,24). The van der Waals surface area contributed by atoms with Gasteiger partial charge in [0.1, 0.15) is 23.7 Å². The average molecular weight is 349 g/mol. The topological polar surface area (TPSA) is 92.6 Å². The predicted molar refractivity (Wildman–Crippen MR) is 95.7 cm³/mol. The molecule has 7 heteroatoms. The summed E-state index contributed by atoms with van der Waals surface area (Å²) in [6.07, 6.45) is 1.50. The summed E-state index contributed by atoms with van der Waals surface area (Å²) in [4.78, 5) is 21.6. The molecule has 3 heterocycles. The first-order chi connectivity index (χ1) is 12.5. The van der Waals surface area contributed by atoms with Crippen molar-refractivity contribution in [3.8, 4) is 11.3 Å². The van der Waals surface area contributed by atoms with Gasteiger partial charge in [-0.3, -0.25) is 4.90 Å². The Kier molecular flexibility index (Phi) is 3.69. The van der Waals surface area contributed by atoms with E-state index in [9.17, 15) is 4.79 Å². The van der Waals surface area contributed by atoms with Crippen molar-refractivity contribution >= 4 is 28.6 Å². The number of benzene rings is 1. The van der Waals surface area contributed by atoms with Crippen LogP contribution in [0.15, 0.2) is 57.6 Å². The number of carboxylic acids is 1. The van der Waals surface area contributed by atoms with Gasteiger partial charge in [0.15, 0.2) is 0 Å². The molecule has 130 valence electrons. The first-order valence-electron chi connectivity index (χ1n) is 7.91. The lowest BCUT2D eigenvalue weighted by Crippen LogP contribution is -2.11. The van der Waals surface area contributed by atoms with Gasteiger partial charge < -0.3 is 13.9 Å². The second kappa shape index (κ2) is 6.03. The third-order valence-corrected chi connectivity index (χ3v) is 4.09. The van der Waals surface area contributed by atoms with Crippen LogP contribution in [0.4, 0.5) is 11.7 Å². The quantitative estimate of drug-likeness (QED) is 0.588. The molecule has 0 saturated carbocycles. The van der Waals surface area contributed by atoms with Gasteiger partial charge in [0.25, 0.3) is 0 Å². The summed E-state index contributed by atoms with van der Waals surface area (Å²) in [7, 11) is 1.86. The number of furan rings is 2. The minimum Gasteiger partial charge on any atom is -0.475 e. The fourth-order valence-corrected chi connectivity index (χ4v) is 2.78. The Hall–Kier alpha value is -3.61. The van der Waals surface area contributed by atoms with Crippen LogP contribution in [-0.4, -0.2) is 28.1 Å². The number of hydrogen-bond acceptors (Lipinski definition) is 6. The van der Waals surface area contributed by atoms with E-state index in [0.717, 1.165) is 22.2 Å². The molecule has 0 aliphatic carbocycles. The lowest BCUT2D eigenvalue weighted by Gasteiger charge is -2.17. The molecule has 0 unspecified atom stereocenters. The van der Waals surface area contributed by atoms with Gasteiger partial charge in [0.2, 0.25) is 11.6 Å². The first kappa shape index (κ1) is 15.9. The zero-order valence-electron chi connectivity index (χ0n) is 14.1. The number of anilines is 2. The van der Waals surface area contributed by atoms with Crippen molar-refractivity contribution in [3.63, 3.8) is 0 Å². The summed E-state index contributed by atoms with van der Waals surface area (Å²) in [5.41, 5.74) is 1.50. The number of aryl methyl sites for hydroxylation is 1. The summed E-state index contributed by atoms with van der Waals surface area (Å²) >= 11 is 0. The highest BCUT2D eigenvalue weighted by atomic mass is 16.4. The van der Waals surface area contributed by atoms with Crippen molar-refractivity contribution in [1.82, 2.24) is 9.97 Å². The molecule has 1 aromatic carbocycles. The molecule has 4 aromatic rings. The summed E-state index contributed by atoms with van der Waals surface area (Å²) in [6, 6.07) is 12.4. The van der Waals surface area contributed by atoms with Gasteiger partial charge >= 0.3 is 5.97 Å². The number of carboxylic acid groups (broad SMARTS) is 1. The average Bonchev–Trinajstić information content (AvgIpc) is 3.29. The fraction of sp³-hybridized carbons (Fsp3) is 0.105. The Morgan fingerprint density at radius 3 is 2.62 bits per heavy atom. The molecule has 0 radical (unpaired) electrons. The van der Waals surface area contributed by atoms with Gasteiger partial charge in [-0.15, -0.1) is 0 Å². The smallest absolute Gasteiger partial charge is 0.371 e. The normalized spacial score (nSPS) is 11.0. The van der Waals surface area contributed by atoms with E-state index in [1.165, 1.54) is 12.4 Å². The van der Waals surface area contributed by atoms with Crippen molar-refractivity contribution < 1.29 is 18.7 Å². The zero-order chi connectivity index (χ0) is 18.3. The van der Waals surface area contributed by atoms with Crippen LogP contribution in [0, 0.1) is 6.92 Å². The predicted octanol–water partition coefficient (Wildman–Crippen LogP) is 4.26. The molecule has 0 amide bonds. The zero-order valence-corrected chi connectivity index (χ0v) is 14.1. The molecular formula is C19H15N3O4. The Labute approximate surface area is 148 Å². The van der Waals surface area contributed by atoms with Gasteiger partial charge in [-0.25, -0.2) is 14.8 Å². The number of aromatic carboxylic acids is 1. The molecule has 0 aliphatic rings.